The van der Waals surface area contributed by atoms with Crippen molar-refractivity contribution >= 4 is 17.8 Å². The highest BCUT2D eigenvalue weighted by Gasteiger charge is 2.20. The van der Waals surface area contributed by atoms with Gasteiger partial charge in [-0.2, -0.15) is 0 Å². The third-order valence-corrected chi connectivity index (χ3v) is 2.00. The van der Waals surface area contributed by atoms with Gasteiger partial charge >= 0.3 is 11.9 Å². The standard InChI is InChI=1S/C10H15F2NO6/c11-7(12)5-19-4-3-8(14)13-6(10(17)18)1-2-9(15)16/h6-7H,1-5H2,(H,13,14)(H,15,16)(H,17,18)/t6-/m0/s1. The Labute approximate surface area is 107 Å². The number of halogens is 2. The monoisotopic (exact) mass is 283 g/mol. The molecule has 0 aromatic carbocycles. The maximum Gasteiger partial charge on any atom is 0.326 e. The lowest BCUT2D eigenvalue weighted by Crippen LogP contribution is -2.41. The van der Waals surface area contributed by atoms with Gasteiger partial charge in [0.15, 0.2) is 0 Å². The van der Waals surface area contributed by atoms with E-state index in [4.69, 9.17) is 10.2 Å². The van der Waals surface area contributed by atoms with E-state index in [9.17, 15) is 23.2 Å². The number of hydrogen-bond acceptors (Lipinski definition) is 4. The number of ether oxygens (including phenoxy) is 1. The molecule has 0 aliphatic heterocycles. The van der Waals surface area contributed by atoms with Gasteiger partial charge in [0.2, 0.25) is 5.91 Å². The Morgan fingerprint density at radius 1 is 1.16 bits per heavy atom. The number of carboxylic acid groups (broad SMARTS) is 2. The van der Waals surface area contributed by atoms with Gasteiger partial charge < -0.3 is 20.3 Å². The van der Waals surface area contributed by atoms with E-state index >= 15 is 0 Å². The van der Waals surface area contributed by atoms with Crippen molar-refractivity contribution in [1.82, 2.24) is 5.32 Å². The number of amides is 1. The predicted octanol–water partition coefficient (Wildman–Crippen LogP) is 0.0924. The van der Waals surface area contributed by atoms with Crippen LogP contribution in [0.4, 0.5) is 8.78 Å². The van der Waals surface area contributed by atoms with E-state index in [2.05, 4.69) is 10.1 Å². The summed E-state index contributed by atoms with van der Waals surface area (Å²) >= 11 is 0. The molecule has 0 spiro atoms. The van der Waals surface area contributed by atoms with Gasteiger partial charge in [0.25, 0.3) is 6.43 Å². The van der Waals surface area contributed by atoms with Crippen LogP contribution < -0.4 is 5.32 Å². The molecule has 0 aromatic heterocycles. The molecular weight excluding hydrogens is 268 g/mol. The molecule has 0 bridgehead atoms. The van der Waals surface area contributed by atoms with E-state index in [0.717, 1.165) is 0 Å². The van der Waals surface area contributed by atoms with Gasteiger partial charge in [0.1, 0.15) is 12.6 Å². The number of rotatable bonds is 10. The van der Waals surface area contributed by atoms with Crippen LogP contribution in [0.3, 0.4) is 0 Å². The van der Waals surface area contributed by atoms with Crippen molar-refractivity contribution in [3.05, 3.63) is 0 Å². The van der Waals surface area contributed by atoms with Crippen molar-refractivity contribution in [1.29, 1.82) is 0 Å². The molecule has 110 valence electrons. The molecule has 3 N–H and O–H groups in total. The molecule has 0 aromatic rings. The molecule has 0 saturated heterocycles. The van der Waals surface area contributed by atoms with Crippen molar-refractivity contribution in [2.75, 3.05) is 13.2 Å². The Hall–Kier alpha value is -1.77. The van der Waals surface area contributed by atoms with E-state index in [1.807, 2.05) is 0 Å². The average Bonchev–Trinajstić information content (AvgIpc) is 2.29. The second-order valence-corrected chi connectivity index (χ2v) is 3.61. The van der Waals surface area contributed by atoms with E-state index in [0.29, 0.717) is 0 Å². The highest BCUT2D eigenvalue weighted by Crippen LogP contribution is 1.99. The van der Waals surface area contributed by atoms with Gasteiger partial charge in [-0.1, -0.05) is 0 Å². The number of carbonyl (C=O) groups is 3. The summed E-state index contributed by atoms with van der Waals surface area (Å²) in [6.07, 6.45) is -3.57. The van der Waals surface area contributed by atoms with Crippen molar-refractivity contribution in [2.24, 2.45) is 0 Å². The summed E-state index contributed by atoms with van der Waals surface area (Å²) in [5.41, 5.74) is 0. The fraction of sp³-hybridized carbons (Fsp3) is 0.700. The molecule has 0 unspecified atom stereocenters. The first-order valence-corrected chi connectivity index (χ1v) is 5.42. The van der Waals surface area contributed by atoms with Crippen molar-refractivity contribution in [2.45, 2.75) is 31.7 Å². The molecule has 1 atom stereocenters. The van der Waals surface area contributed by atoms with E-state index < -0.39 is 43.3 Å². The van der Waals surface area contributed by atoms with Gasteiger partial charge in [-0.05, 0) is 6.42 Å². The number of nitrogens with one attached hydrogen (secondary N) is 1. The van der Waals surface area contributed by atoms with Crippen LogP contribution in [0.15, 0.2) is 0 Å². The summed E-state index contributed by atoms with van der Waals surface area (Å²) < 4.78 is 27.8. The molecule has 0 rings (SSSR count). The predicted molar refractivity (Wildman–Crippen MR) is 57.9 cm³/mol. The Balaban J connectivity index is 3.96. The number of hydrogen-bond donors (Lipinski definition) is 3. The molecule has 0 saturated carbocycles. The van der Waals surface area contributed by atoms with Gasteiger partial charge in [-0.15, -0.1) is 0 Å². The molecule has 0 radical (unpaired) electrons. The molecule has 0 aliphatic rings. The van der Waals surface area contributed by atoms with Crippen LogP contribution in [-0.4, -0.2) is 53.7 Å². The van der Waals surface area contributed by atoms with Crippen LogP contribution >= 0.6 is 0 Å². The minimum absolute atomic E-state index is 0.256. The van der Waals surface area contributed by atoms with Crippen molar-refractivity contribution in [3.8, 4) is 0 Å². The van der Waals surface area contributed by atoms with Gasteiger partial charge in [-0.3, -0.25) is 9.59 Å². The van der Waals surface area contributed by atoms with Crippen LogP contribution in [0.25, 0.3) is 0 Å². The number of aliphatic carboxylic acids is 2. The Morgan fingerprint density at radius 3 is 2.26 bits per heavy atom. The minimum Gasteiger partial charge on any atom is -0.481 e. The Kier molecular flexibility index (Phi) is 8.34. The lowest BCUT2D eigenvalue weighted by Gasteiger charge is -2.13. The van der Waals surface area contributed by atoms with Gasteiger partial charge in [-0.25, -0.2) is 13.6 Å². The second kappa shape index (κ2) is 9.20. The molecule has 0 heterocycles. The van der Waals surface area contributed by atoms with E-state index in [1.165, 1.54) is 0 Å². The highest BCUT2D eigenvalue weighted by molar-refractivity contribution is 5.83. The molecule has 7 nitrogen and oxygen atoms in total. The molecule has 0 aliphatic carbocycles. The van der Waals surface area contributed by atoms with Crippen LogP contribution in [0.1, 0.15) is 19.3 Å². The summed E-state index contributed by atoms with van der Waals surface area (Å²) in [5, 5.41) is 19.2. The summed E-state index contributed by atoms with van der Waals surface area (Å²) in [6, 6.07) is -1.32. The zero-order valence-corrected chi connectivity index (χ0v) is 9.97. The first-order chi connectivity index (χ1) is 8.82. The SMILES string of the molecule is O=C(O)CC[C@H](NC(=O)CCOCC(F)F)C(=O)O. The largest absolute Gasteiger partial charge is 0.481 e. The van der Waals surface area contributed by atoms with Crippen LogP contribution in [0.2, 0.25) is 0 Å². The number of alkyl halides is 2. The van der Waals surface area contributed by atoms with E-state index in [1.54, 1.807) is 0 Å². The molecule has 9 heteroatoms. The summed E-state index contributed by atoms with van der Waals surface area (Å²) in [6.45, 7) is -1.06. The van der Waals surface area contributed by atoms with Crippen molar-refractivity contribution in [3.63, 3.8) is 0 Å². The fourth-order valence-corrected chi connectivity index (χ4v) is 1.13. The zero-order chi connectivity index (χ0) is 14.8. The van der Waals surface area contributed by atoms with Crippen LogP contribution in [-0.2, 0) is 19.1 Å². The van der Waals surface area contributed by atoms with Gasteiger partial charge in [0, 0.05) is 12.8 Å². The van der Waals surface area contributed by atoms with Crippen LogP contribution in [0, 0.1) is 0 Å². The third-order valence-electron chi connectivity index (χ3n) is 2.00. The quantitative estimate of drug-likeness (QED) is 0.490. The first-order valence-electron chi connectivity index (χ1n) is 5.42. The molecule has 0 fully saturated rings. The molecule has 19 heavy (non-hydrogen) atoms. The minimum atomic E-state index is -2.63. The topological polar surface area (TPSA) is 113 Å². The zero-order valence-electron chi connectivity index (χ0n) is 9.97. The highest BCUT2D eigenvalue weighted by atomic mass is 19.3. The molecule has 1 amide bonds. The van der Waals surface area contributed by atoms with Crippen LogP contribution in [0.5, 0.6) is 0 Å². The summed E-state index contributed by atoms with van der Waals surface area (Å²) in [4.78, 5) is 32.3. The smallest absolute Gasteiger partial charge is 0.326 e. The normalized spacial score (nSPS) is 12.2. The fourth-order valence-electron chi connectivity index (χ4n) is 1.13. The Morgan fingerprint density at radius 2 is 1.79 bits per heavy atom. The second-order valence-electron chi connectivity index (χ2n) is 3.61. The lowest BCUT2D eigenvalue weighted by molar-refractivity contribution is -0.143. The third kappa shape index (κ3) is 9.89. The van der Waals surface area contributed by atoms with Gasteiger partial charge in [0.05, 0.1) is 6.61 Å². The lowest BCUT2D eigenvalue weighted by atomic mass is 10.1. The first kappa shape index (κ1) is 17.2. The summed E-state index contributed by atoms with van der Waals surface area (Å²) in [7, 11) is 0. The molecular formula is C10H15F2NO6. The number of carbonyl (C=O) groups excluding carboxylic acids is 1. The maximum absolute atomic E-state index is 11.7. The van der Waals surface area contributed by atoms with Crippen molar-refractivity contribution < 1.29 is 38.1 Å². The maximum atomic E-state index is 11.7. The summed E-state index contributed by atoms with van der Waals surface area (Å²) in [5.74, 6) is -3.24. The Bertz CT molecular complexity index is 323. The average molecular weight is 283 g/mol. The van der Waals surface area contributed by atoms with E-state index in [-0.39, 0.29) is 19.4 Å². The number of carboxylic acids is 2.